The van der Waals surface area contributed by atoms with E-state index in [9.17, 15) is 4.79 Å². The first kappa shape index (κ1) is 24.1. The summed E-state index contributed by atoms with van der Waals surface area (Å²) in [5, 5.41) is 1.71. The van der Waals surface area contributed by atoms with Gasteiger partial charge in [-0.15, -0.1) is 0 Å². The molecule has 1 aliphatic heterocycles. The van der Waals surface area contributed by atoms with E-state index < -0.39 is 5.60 Å². The second-order valence-corrected chi connectivity index (χ2v) is 10.7. The number of carbonyl (C=O) groups is 1. The van der Waals surface area contributed by atoms with Crippen LogP contribution in [0.4, 0.5) is 4.79 Å². The van der Waals surface area contributed by atoms with Crippen LogP contribution in [0.2, 0.25) is 10.0 Å². The number of hydrogen-bond acceptors (Lipinski definition) is 6. The highest BCUT2D eigenvalue weighted by atomic mass is 35.5. The zero-order chi connectivity index (χ0) is 23.8. The number of thioether (sulfide) groups is 1. The van der Waals surface area contributed by atoms with Crippen LogP contribution in [0.5, 0.6) is 0 Å². The quantitative estimate of drug-likeness (QED) is 0.310. The fraction of sp³-hybridized carbons (Fsp3) is 0.478. The summed E-state index contributed by atoms with van der Waals surface area (Å²) in [6, 6.07) is 5.42. The van der Waals surface area contributed by atoms with Crippen LogP contribution in [0.25, 0.3) is 22.6 Å². The summed E-state index contributed by atoms with van der Waals surface area (Å²) in [5.41, 5.74) is 1.56. The molecule has 0 aliphatic carbocycles. The number of rotatable bonds is 4. The first-order valence-corrected chi connectivity index (χ1v) is 12.8. The molecule has 33 heavy (non-hydrogen) atoms. The maximum absolute atomic E-state index is 12.7. The number of aromatic nitrogens is 4. The van der Waals surface area contributed by atoms with Crippen LogP contribution in [-0.2, 0) is 11.3 Å². The molecule has 0 saturated carbocycles. The summed E-state index contributed by atoms with van der Waals surface area (Å²) in [7, 11) is 0. The third-order valence-electron chi connectivity index (χ3n) is 5.45. The van der Waals surface area contributed by atoms with Gasteiger partial charge >= 0.3 is 6.09 Å². The molecule has 0 N–H and O–H groups in total. The highest BCUT2D eigenvalue weighted by molar-refractivity contribution is 7.98. The van der Waals surface area contributed by atoms with E-state index in [-0.39, 0.29) is 12.0 Å². The van der Waals surface area contributed by atoms with Gasteiger partial charge in [-0.3, -0.25) is 0 Å². The molecule has 0 spiro atoms. The lowest BCUT2D eigenvalue weighted by Gasteiger charge is -2.34. The molecular weight excluding hydrogens is 481 g/mol. The van der Waals surface area contributed by atoms with Crippen LogP contribution in [-0.4, -0.2) is 55.5 Å². The first-order chi connectivity index (χ1) is 15.7. The van der Waals surface area contributed by atoms with Crippen LogP contribution in [0, 0.1) is 5.92 Å². The minimum atomic E-state index is -0.524. The summed E-state index contributed by atoms with van der Waals surface area (Å²) < 4.78 is 7.66. The van der Waals surface area contributed by atoms with Crippen molar-refractivity contribution in [2.75, 3.05) is 19.3 Å². The van der Waals surface area contributed by atoms with Crippen LogP contribution in [0.15, 0.2) is 29.6 Å². The molecule has 3 aromatic rings. The summed E-state index contributed by atoms with van der Waals surface area (Å²) in [5.74, 6) is 0.860. The second kappa shape index (κ2) is 9.68. The Hall–Kier alpha value is -2.03. The van der Waals surface area contributed by atoms with Gasteiger partial charge in [-0.2, -0.15) is 0 Å². The molecule has 7 nitrogen and oxygen atoms in total. The smallest absolute Gasteiger partial charge is 0.410 e. The van der Waals surface area contributed by atoms with Gasteiger partial charge in [-0.05, 0) is 57.9 Å². The fourth-order valence-corrected chi connectivity index (χ4v) is 4.94. The van der Waals surface area contributed by atoms with E-state index >= 15 is 0 Å². The Morgan fingerprint density at radius 1 is 1.24 bits per heavy atom. The number of fused-ring (bicyclic) bond motifs is 1. The Morgan fingerprint density at radius 2 is 1.97 bits per heavy atom. The number of hydrogen-bond donors (Lipinski definition) is 0. The van der Waals surface area contributed by atoms with E-state index in [4.69, 9.17) is 37.9 Å². The van der Waals surface area contributed by atoms with Gasteiger partial charge in [0, 0.05) is 19.6 Å². The first-order valence-electron chi connectivity index (χ1n) is 10.9. The molecule has 1 saturated heterocycles. The van der Waals surface area contributed by atoms with Crippen LogP contribution < -0.4 is 0 Å². The molecule has 1 amide bonds. The summed E-state index contributed by atoms with van der Waals surface area (Å²) in [6.07, 6.45) is 5.28. The van der Waals surface area contributed by atoms with Gasteiger partial charge in [-0.1, -0.05) is 41.0 Å². The zero-order valence-electron chi connectivity index (χ0n) is 19.1. The second-order valence-electron chi connectivity index (χ2n) is 9.14. The normalized spacial score (nSPS) is 16.9. The molecule has 0 unspecified atom stereocenters. The number of nitrogens with zero attached hydrogens (tertiary/aromatic N) is 5. The van der Waals surface area contributed by atoms with Gasteiger partial charge in [0.1, 0.15) is 16.9 Å². The maximum atomic E-state index is 12.7. The number of piperidine rings is 1. The molecule has 1 fully saturated rings. The number of ether oxygens (including phenoxy) is 1. The molecule has 4 rings (SSSR count). The largest absolute Gasteiger partial charge is 0.444 e. The Morgan fingerprint density at radius 3 is 2.64 bits per heavy atom. The van der Waals surface area contributed by atoms with E-state index in [1.807, 2.05) is 33.1 Å². The molecular formula is C23H27Cl2N5O2S. The Labute approximate surface area is 207 Å². The average molecular weight is 508 g/mol. The summed E-state index contributed by atoms with van der Waals surface area (Å²) in [6.45, 7) is 7.56. The standard InChI is InChI=1S/C23H27Cl2N5O2S/c1-23(2,3)32-22(31)29-10-6-7-14(12-29)13-30-19-17(11-26-21(28-19)33-4)27-20(30)18-15(24)8-5-9-16(18)25/h5,8-9,11,14H,6-7,10,12-13H2,1-4H3/t14-/m1/s1. The molecule has 1 aromatic carbocycles. The highest BCUT2D eigenvalue weighted by Crippen LogP contribution is 2.36. The molecule has 10 heteroatoms. The zero-order valence-corrected chi connectivity index (χ0v) is 21.5. The molecule has 3 heterocycles. The third-order valence-corrected chi connectivity index (χ3v) is 6.64. The van der Waals surface area contributed by atoms with Gasteiger partial charge in [0.15, 0.2) is 10.8 Å². The Balaban J connectivity index is 1.71. The predicted molar refractivity (Wildman–Crippen MR) is 133 cm³/mol. The van der Waals surface area contributed by atoms with Crippen molar-refractivity contribution in [3.8, 4) is 11.4 Å². The lowest BCUT2D eigenvalue weighted by molar-refractivity contribution is 0.0158. The van der Waals surface area contributed by atoms with Crippen molar-refractivity contribution in [3.63, 3.8) is 0 Å². The number of carbonyl (C=O) groups excluding carboxylic acids is 1. The van der Waals surface area contributed by atoms with E-state index in [1.54, 1.807) is 23.2 Å². The van der Waals surface area contributed by atoms with Crippen molar-refractivity contribution in [1.82, 2.24) is 24.4 Å². The van der Waals surface area contributed by atoms with Gasteiger partial charge in [0.2, 0.25) is 0 Å². The summed E-state index contributed by atoms with van der Waals surface area (Å²) >= 11 is 14.6. The van der Waals surface area contributed by atoms with Gasteiger partial charge < -0.3 is 14.2 Å². The molecule has 1 atom stereocenters. The molecule has 0 radical (unpaired) electrons. The molecule has 0 bridgehead atoms. The monoisotopic (exact) mass is 507 g/mol. The van der Waals surface area contributed by atoms with Crippen molar-refractivity contribution in [1.29, 1.82) is 0 Å². The van der Waals surface area contributed by atoms with Crippen molar-refractivity contribution in [2.24, 2.45) is 5.92 Å². The number of benzene rings is 1. The number of halogens is 2. The van der Waals surface area contributed by atoms with Crippen LogP contribution >= 0.6 is 35.0 Å². The topological polar surface area (TPSA) is 73.1 Å². The minimum absolute atomic E-state index is 0.205. The van der Waals surface area contributed by atoms with Crippen molar-refractivity contribution in [3.05, 3.63) is 34.4 Å². The van der Waals surface area contributed by atoms with Gasteiger partial charge in [0.25, 0.3) is 0 Å². The van der Waals surface area contributed by atoms with Gasteiger partial charge in [0.05, 0.1) is 21.8 Å². The average Bonchev–Trinajstić information content (AvgIpc) is 3.09. The van der Waals surface area contributed by atoms with Crippen molar-refractivity contribution in [2.45, 2.75) is 50.9 Å². The fourth-order valence-electron chi connectivity index (χ4n) is 4.04. The maximum Gasteiger partial charge on any atom is 0.410 e. The predicted octanol–water partition coefficient (Wildman–Crippen LogP) is 6.17. The van der Waals surface area contributed by atoms with Crippen LogP contribution in [0.1, 0.15) is 33.6 Å². The third kappa shape index (κ3) is 5.39. The lowest BCUT2D eigenvalue weighted by atomic mass is 9.98. The number of imidazole rings is 1. The Bertz CT molecular complexity index is 1160. The van der Waals surface area contributed by atoms with E-state index in [2.05, 4.69) is 9.55 Å². The lowest BCUT2D eigenvalue weighted by Crippen LogP contribution is -2.43. The van der Waals surface area contributed by atoms with E-state index in [1.165, 1.54) is 11.8 Å². The number of amides is 1. The molecule has 2 aromatic heterocycles. The number of likely N-dealkylation sites (tertiary alicyclic amines) is 1. The van der Waals surface area contributed by atoms with E-state index in [0.29, 0.717) is 51.7 Å². The SMILES string of the molecule is CSc1ncc2nc(-c3c(Cl)cccc3Cl)n(C[C@@H]3CCCN(C(=O)OC(C)(C)C)C3)c2n1. The van der Waals surface area contributed by atoms with Crippen molar-refractivity contribution >= 4 is 52.2 Å². The molecule has 176 valence electrons. The van der Waals surface area contributed by atoms with Crippen LogP contribution in [0.3, 0.4) is 0 Å². The van der Waals surface area contributed by atoms with Gasteiger partial charge in [-0.25, -0.2) is 19.7 Å². The molecule has 1 aliphatic rings. The highest BCUT2D eigenvalue weighted by Gasteiger charge is 2.29. The van der Waals surface area contributed by atoms with E-state index in [0.717, 1.165) is 18.5 Å². The summed E-state index contributed by atoms with van der Waals surface area (Å²) in [4.78, 5) is 28.4. The minimum Gasteiger partial charge on any atom is -0.444 e. The Kier molecular flexibility index (Phi) is 7.07. The van der Waals surface area contributed by atoms with Crippen molar-refractivity contribution < 1.29 is 9.53 Å².